The summed E-state index contributed by atoms with van der Waals surface area (Å²) in [7, 11) is 0. The molecule has 0 aromatic carbocycles. The van der Waals surface area contributed by atoms with Gasteiger partial charge in [-0.2, -0.15) is 0 Å². The standard InChI is InChI=1S/C19H41N5.HI/c1-7-20-19(21-12-10-11-13-23(8-2)9-3)22-18-15-24(16(4)5)14-17(18)6;/h16-18H,7-15H2,1-6H3,(H2,20,21,22);1H. The Bertz CT molecular complexity index is 358. The summed E-state index contributed by atoms with van der Waals surface area (Å²) >= 11 is 0. The molecule has 0 aliphatic carbocycles. The quantitative estimate of drug-likeness (QED) is 0.224. The van der Waals surface area contributed by atoms with Crippen LogP contribution in [0.15, 0.2) is 4.99 Å². The van der Waals surface area contributed by atoms with Gasteiger partial charge in [0.1, 0.15) is 0 Å². The van der Waals surface area contributed by atoms with Crippen molar-refractivity contribution in [3.63, 3.8) is 0 Å². The van der Waals surface area contributed by atoms with E-state index in [1.165, 1.54) is 19.5 Å². The van der Waals surface area contributed by atoms with Crippen molar-refractivity contribution in [2.45, 2.75) is 66.5 Å². The fraction of sp³-hybridized carbons (Fsp3) is 0.947. The van der Waals surface area contributed by atoms with Gasteiger partial charge in [0.15, 0.2) is 5.96 Å². The summed E-state index contributed by atoms with van der Waals surface area (Å²) in [4.78, 5) is 9.82. The lowest BCUT2D eigenvalue weighted by molar-refractivity contribution is 0.265. The molecule has 1 heterocycles. The van der Waals surface area contributed by atoms with Crippen LogP contribution in [0.3, 0.4) is 0 Å². The van der Waals surface area contributed by atoms with Gasteiger partial charge in [-0.25, -0.2) is 0 Å². The lowest BCUT2D eigenvalue weighted by Crippen LogP contribution is -2.46. The zero-order valence-corrected chi connectivity index (χ0v) is 19.7. The summed E-state index contributed by atoms with van der Waals surface area (Å²) in [6.07, 6.45) is 2.39. The summed E-state index contributed by atoms with van der Waals surface area (Å²) in [5.74, 6) is 1.65. The van der Waals surface area contributed by atoms with Crippen LogP contribution >= 0.6 is 24.0 Å². The Kier molecular flexibility index (Phi) is 14.0. The first kappa shape index (κ1) is 24.9. The van der Waals surface area contributed by atoms with Gasteiger partial charge < -0.3 is 15.5 Å². The topological polar surface area (TPSA) is 42.9 Å². The minimum Gasteiger partial charge on any atom is -0.357 e. The maximum absolute atomic E-state index is 4.79. The van der Waals surface area contributed by atoms with Crippen LogP contribution in [0.5, 0.6) is 0 Å². The number of aliphatic imine (C=N–C) groups is 1. The average molecular weight is 467 g/mol. The molecule has 1 fully saturated rings. The fourth-order valence-electron chi connectivity index (χ4n) is 3.29. The highest BCUT2D eigenvalue weighted by Gasteiger charge is 2.31. The maximum Gasteiger partial charge on any atom is 0.191 e. The first-order chi connectivity index (χ1) is 11.5. The second-order valence-corrected chi connectivity index (χ2v) is 7.27. The minimum absolute atomic E-state index is 0. The number of nitrogens with one attached hydrogen (secondary N) is 2. The van der Waals surface area contributed by atoms with Gasteiger partial charge in [0, 0.05) is 38.3 Å². The fourth-order valence-corrected chi connectivity index (χ4v) is 3.29. The third-order valence-electron chi connectivity index (χ3n) is 5.08. The SMILES string of the molecule is CCNC(=NCCCCN(CC)CC)NC1CN(C(C)C)CC1C.I. The Morgan fingerprint density at radius 1 is 1.16 bits per heavy atom. The van der Waals surface area contributed by atoms with Gasteiger partial charge in [0.2, 0.25) is 0 Å². The second-order valence-electron chi connectivity index (χ2n) is 7.27. The monoisotopic (exact) mass is 467 g/mol. The van der Waals surface area contributed by atoms with Crippen molar-refractivity contribution in [2.24, 2.45) is 10.9 Å². The van der Waals surface area contributed by atoms with Gasteiger partial charge in [-0.15, -0.1) is 24.0 Å². The number of guanidine groups is 1. The molecule has 2 unspecified atom stereocenters. The normalized spacial score (nSPS) is 21.7. The molecule has 1 rings (SSSR count). The molecule has 1 saturated heterocycles. The summed E-state index contributed by atoms with van der Waals surface area (Å²) in [5, 5.41) is 7.07. The maximum atomic E-state index is 4.79. The Morgan fingerprint density at radius 2 is 1.84 bits per heavy atom. The van der Waals surface area contributed by atoms with E-state index >= 15 is 0 Å². The molecule has 2 atom stereocenters. The number of unbranched alkanes of at least 4 members (excludes halogenated alkanes) is 1. The molecular formula is C19H42IN5. The highest BCUT2D eigenvalue weighted by atomic mass is 127. The highest BCUT2D eigenvalue weighted by molar-refractivity contribution is 14.0. The zero-order chi connectivity index (χ0) is 17.9. The van der Waals surface area contributed by atoms with Gasteiger partial charge in [0.05, 0.1) is 0 Å². The molecule has 0 saturated carbocycles. The largest absolute Gasteiger partial charge is 0.357 e. The van der Waals surface area contributed by atoms with E-state index < -0.39 is 0 Å². The summed E-state index contributed by atoms with van der Waals surface area (Å²) in [6.45, 7) is 21.1. The first-order valence-corrected chi connectivity index (χ1v) is 10.0. The molecule has 0 radical (unpaired) electrons. The molecule has 0 amide bonds. The summed E-state index contributed by atoms with van der Waals surface area (Å²) < 4.78 is 0. The highest BCUT2D eigenvalue weighted by Crippen LogP contribution is 2.18. The molecule has 0 bridgehead atoms. The number of hydrogen-bond donors (Lipinski definition) is 2. The molecule has 2 N–H and O–H groups in total. The van der Waals surface area contributed by atoms with Crippen LogP contribution in [-0.4, -0.2) is 73.7 Å². The van der Waals surface area contributed by atoms with E-state index in [1.807, 2.05) is 0 Å². The smallest absolute Gasteiger partial charge is 0.191 e. The number of rotatable bonds is 10. The van der Waals surface area contributed by atoms with Gasteiger partial charge in [-0.3, -0.25) is 9.89 Å². The number of nitrogens with zero attached hydrogens (tertiary/aromatic N) is 3. The van der Waals surface area contributed by atoms with Crippen LogP contribution < -0.4 is 10.6 Å². The Hall–Kier alpha value is -0.0800. The van der Waals surface area contributed by atoms with E-state index in [0.29, 0.717) is 18.0 Å². The molecule has 0 spiro atoms. The summed E-state index contributed by atoms with van der Waals surface area (Å²) in [6, 6.07) is 1.12. The lowest BCUT2D eigenvalue weighted by Gasteiger charge is -2.22. The van der Waals surface area contributed by atoms with E-state index in [4.69, 9.17) is 4.99 Å². The molecule has 1 aliphatic rings. The Labute approximate surface area is 173 Å². The minimum atomic E-state index is 0. The van der Waals surface area contributed by atoms with Gasteiger partial charge >= 0.3 is 0 Å². The van der Waals surface area contributed by atoms with Crippen LogP contribution in [0, 0.1) is 5.92 Å². The van der Waals surface area contributed by atoms with Crippen molar-refractivity contribution in [1.82, 2.24) is 20.4 Å². The van der Waals surface area contributed by atoms with Crippen LogP contribution in [0.2, 0.25) is 0 Å². The third kappa shape index (κ3) is 9.43. The van der Waals surface area contributed by atoms with Crippen LogP contribution in [0.1, 0.15) is 54.4 Å². The van der Waals surface area contributed by atoms with Gasteiger partial charge in [-0.05, 0) is 59.2 Å². The molecule has 5 nitrogen and oxygen atoms in total. The molecule has 150 valence electrons. The molecule has 0 aromatic heterocycles. The van der Waals surface area contributed by atoms with Crippen LogP contribution in [-0.2, 0) is 0 Å². The Morgan fingerprint density at radius 3 is 2.36 bits per heavy atom. The molecule has 6 heteroatoms. The third-order valence-corrected chi connectivity index (χ3v) is 5.08. The number of halogens is 1. The van der Waals surface area contributed by atoms with Gasteiger partial charge in [0.25, 0.3) is 0 Å². The predicted molar refractivity (Wildman–Crippen MR) is 121 cm³/mol. The number of hydrogen-bond acceptors (Lipinski definition) is 3. The van der Waals surface area contributed by atoms with E-state index in [2.05, 4.69) is 62.0 Å². The van der Waals surface area contributed by atoms with Crippen molar-refractivity contribution in [2.75, 3.05) is 45.8 Å². The van der Waals surface area contributed by atoms with Crippen molar-refractivity contribution < 1.29 is 0 Å². The van der Waals surface area contributed by atoms with E-state index in [9.17, 15) is 0 Å². The Balaban J connectivity index is 0.00000576. The van der Waals surface area contributed by atoms with Crippen molar-refractivity contribution in [3.05, 3.63) is 0 Å². The summed E-state index contributed by atoms with van der Waals surface area (Å²) in [5.41, 5.74) is 0. The van der Waals surface area contributed by atoms with E-state index in [1.54, 1.807) is 0 Å². The van der Waals surface area contributed by atoms with E-state index in [0.717, 1.165) is 45.1 Å². The average Bonchev–Trinajstić information content (AvgIpc) is 2.92. The molecule has 1 aliphatic heterocycles. The van der Waals surface area contributed by atoms with Gasteiger partial charge in [-0.1, -0.05) is 20.8 Å². The molecular weight excluding hydrogens is 425 g/mol. The molecule has 25 heavy (non-hydrogen) atoms. The zero-order valence-electron chi connectivity index (χ0n) is 17.3. The lowest BCUT2D eigenvalue weighted by atomic mass is 10.1. The second kappa shape index (κ2) is 14.0. The van der Waals surface area contributed by atoms with Crippen molar-refractivity contribution in [3.8, 4) is 0 Å². The van der Waals surface area contributed by atoms with Crippen molar-refractivity contribution in [1.29, 1.82) is 0 Å². The first-order valence-electron chi connectivity index (χ1n) is 10.0. The predicted octanol–water partition coefficient (Wildman–Crippen LogP) is 3.01. The van der Waals surface area contributed by atoms with Crippen LogP contribution in [0.4, 0.5) is 0 Å². The van der Waals surface area contributed by atoms with Crippen molar-refractivity contribution >= 4 is 29.9 Å². The van der Waals surface area contributed by atoms with E-state index in [-0.39, 0.29) is 24.0 Å². The number of likely N-dealkylation sites (tertiary alicyclic amines) is 1. The molecule has 0 aromatic rings. The van der Waals surface area contributed by atoms with Crippen LogP contribution in [0.25, 0.3) is 0 Å².